The predicted octanol–water partition coefficient (Wildman–Crippen LogP) is 23.2. The lowest BCUT2D eigenvalue weighted by Crippen LogP contribution is -2.46. The van der Waals surface area contributed by atoms with E-state index in [1.54, 1.807) is 0 Å². The average Bonchev–Trinajstić information content (AvgIpc) is 3.42. The highest BCUT2D eigenvalue weighted by Gasteiger charge is 2.26. The summed E-state index contributed by atoms with van der Waals surface area (Å²) < 4.78 is 0. The molecule has 0 aromatic carbocycles. The molecular formula is C70H136N2O4. The zero-order valence-corrected chi connectivity index (χ0v) is 52.4. The Morgan fingerprint density at radius 3 is 0.395 bits per heavy atom. The monoisotopic (exact) mass is 1070 g/mol. The number of imide groups is 2. The summed E-state index contributed by atoms with van der Waals surface area (Å²) in [7, 11) is 0. The van der Waals surface area contributed by atoms with E-state index in [1.165, 1.54) is 292 Å². The number of hydrogen-bond acceptors (Lipinski definition) is 4. The molecule has 0 saturated heterocycles. The number of carbonyl (C=O) groups is 4. The van der Waals surface area contributed by atoms with Crippen LogP contribution in [0.3, 0.4) is 0 Å². The Hall–Kier alpha value is -1.72. The van der Waals surface area contributed by atoms with Crippen LogP contribution in [0.2, 0.25) is 0 Å². The topological polar surface area (TPSA) is 74.8 Å². The lowest BCUT2D eigenvalue weighted by atomic mass is 10.0. The molecule has 0 rings (SSSR count). The molecule has 0 aromatic heterocycles. The van der Waals surface area contributed by atoms with Crippen molar-refractivity contribution in [3.8, 4) is 0 Å². The van der Waals surface area contributed by atoms with Crippen LogP contribution in [-0.2, 0) is 19.2 Å². The van der Waals surface area contributed by atoms with Crippen LogP contribution in [0.5, 0.6) is 0 Å². The van der Waals surface area contributed by atoms with Gasteiger partial charge in [0.05, 0.1) is 0 Å². The van der Waals surface area contributed by atoms with Crippen molar-refractivity contribution in [3.63, 3.8) is 0 Å². The predicted molar refractivity (Wildman–Crippen MR) is 333 cm³/mol. The first-order valence-corrected chi connectivity index (χ1v) is 35.1. The van der Waals surface area contributed by atoms with Gasteiger partial charge in [-0.15, -0.1) is 0 Å². The Morgan fingerprint density at radius 1 is 0.171 bits per heavy atom. The van der Waals surface area contributed by atoms with Gasteiger partial charge in [-0.3, -0.25) is 29.0 Å². The molecule has 0 radical (unpaired) electrons. The molecule has 0 heterocycles. The second kappa shape index (κ2) is 62.5. The summed E-state index contributed by atoms with van der Waals surface area (Å²) in [4.78, 5) is 58.7. The van der Waals surface area contributed by atoms with Gasteiger partial charge in [0.25, 0.3) is 0 Å². The smallest absolute Gasteiger partial charge is 0.229 e. The van der Waals surface area contributed by atoms with Crippen LogP contribution in [0.4, 0.5) is 0 Å². The van der Waals surface area contributed by atoms with E-state index in [4.69, 9.17) is 0 Å². The van der Waals surface area contributed by atoms with Crippen LogP contribution < -0.4 is 0 Å². The third kappa shape index (κ3) is 53.0. The Bertz CT molecular complexity index is 1130. The molecule has 0 N–H and O–H groups in total. The molecule has 0 aliphatic carbocycles. The maximum atomic E-state index is 14.0. The van der Waals surface area contributed by atoms with Crippen LogP contribution >= 0.6 is 0 Å². The molecule has 0 aliphatic heterocycles. The first-order valence-electron chi connectivity index (χ1n) is 35.1. The second-order valence-electron chi connectivity index (χ2n) is 24.3. The van der Waals surface area contributed by atoms with Gasteiger partial charge in [0.15, 0.2) is 0 Å². The fraction of sp³-hybridized carbons (Fsp3) is 0.943. The van der Waals surface area contributed by atoms with Crippen molar-refractivity contribution < 1.29 is 19.2 Å². The van der Waals surface area contributed by atoms with Crippen molar-refractivity contribution in [1.82, 2.24) is 9.80 Å². The molecule has 450 valence electrons. The Labute approximate surface area is 476 Å². The van der Waals surface area contributed by atoms with Gasteiger partial charge in [-0.25, -0.2) is 0 Å². The molecule has 4 amide bonds. The molecule has 6 heteroatoms. The molecule has 0 bridgehead atoms. The van der Waals surface area contributed by atoms with Gasteiger partial charge >= 0.3 is 0 Å². The second-order valence-corrected chi connectivity index (χ2v) is 24.3. The zero-order valence-electron chi connectivity index (χ0n) is 52.4. The number of unbranched alkanes of at least 4 members (excludes halogenated alkanes) is 52. The van der Waals surface area contributed by atoms with Crippen LogP contribution in [0.1, 0.15) is 413 Å². The van der Waals surface area contributed by atoms with Crippen molar-refractivity contribution in [1.29, 1.82) is 0 Å². The highest BCUT2D eigenvalue weighted by molar-refractivity contribution is 5.97. The number of hydrogen-bond donors (Lipinski definition) is 0. The number of amides is 4. The SMILES string of the molecule is CCCCCCCCCCCCCCCCCC(=O)N(CCN(C(=O)CCCCCCCCCCCCCCC)C(=O)CCCCCCCCCCCCCCC)C(=O)CCCCCCCCCCCCCCCCC. The summed E-state index contributed by atoms with van der Waals surface area (Å²) in [5.74, 6) is -0.471. The number of rotatable bonds is 63. The van der Waals surface area contributed by atoms with Gasteiger partial charge in [-0.2, -0.15) is 0 Å². The normalized spacial score (nSPS) is 11.5. The Morgan fingerprint density at radius 2 is 0.276 bits per heavy atom. The number of nitrogens with zero attached hydrogens (tertiary/aromatic N) is 2. The van der Waals surface area contributed by atoms with E-state index in [0.717, 1.165) is 77.0 Å². The largest absolute Gasteiger partial charge is 0.281 e. The molecule has 0 unspecified atom stereocenters. The van der Waals surface area contributed by atoms with Crippen molar-refractivity contribution in [2.24, 2.45) is 0 Å². The lowest BCUT2D eigenvalue weighted by molar-refractivity contribution is -0.150. The summed E-state index contributed by atoms with van der Waals surface area (Å²) in [5, 5.41) is 0. The third-order valence-electron chi connectivity index (χ3n) is 16.7. The summed E-state index contributed by atoms with van der Waals surface area (Å²) in [6, 6.07) is 0. The van der Waals surface area contributed by atoms with Crippen molar-refractivity contribution in [3.05, 3.63) is 0 Å². The summed E-state index contributed by atoms with van der Waals surface area (Å²) in [6.45, 7) is 9.38. The molecule has 0 atom stereocenters. The molecule has 0 saturated carbocycles. The van der Waals surface area contributed by atoms with E-state index in [0.29, 0.717) is 25.7 Å². The van der Waals surface area contributed by atoms with Gasteiger partial charge in [-0.05, 0) is 25.7 Å². The van der Waals surface area contributed by atoms with Crippen molar-refractivity contribution in [2.75, 3.05) is 13.1 Å². The summed E-state index contributed by atoms with van der Waals surface area (Å²) in [6.07, 6.45) is 72.0. The first-order chi connectivity index (χ1) is 37.4. The van der Waals surface area contributed by atoms with E-state index < -0.39 is 0 Å². The highest BCUT2D eigenvalue weighted by atomic mass is 16.2. The minimum atomic E-state index is -0.118. The maximum absolute atomic E-state index is 14.0. The van der Waals surface area contributed by atoms with E-state index in [1.807, 2.05) is 0 Å². The lowest BCUT2D eigenvalue weighted by Gasteiger charge is -2.26. The van der Waals surface area contributed by atoms with Crippen molar-refractivity contribution >= 4 is 23.6 Å². The quantitative estimate of drug-likeness (QED) is 0.0569. The Kier molecular flexibility index (Phi) is 61.1. The zero-order chi connectivity index (χ0) is 55.3. The van der Waals surface area contributed by atoms with E-state index >= 15 is 0 Å². The van der Waals surface area contributed by atoms with Gasteiger partial charge in [0.1, 0.15) is 0 Å². The van der Waals surface area contributed by atoms with E-state index in [9.17, 15) is 19.2 Å². The molecule has 0 spiro atoms. The molecule has 6 nitrogen and oxygen atoms in total. The third-order valence-corrected chi connectivity index (χ3v) is 16.7. The fourth-order valence-corrected chi connectivity index (χ4v) is 11.4. The van der Waals surface area contributed by atoms with Gasteiger partial charge in [0.2, 0.25) is 23.6 Å². The van der Waals surface area contributed by atoms with Crippen LogP contribution in [0.25, 0.3) is 0 Å². The molecular weight excluding hydrogens is 933 g/mol. The highest BCUT2D eigenvalue weighted by Crippen LogP contribution is 2.20. The first kappa shape index (κ1) is 74.3. The van der Waals surface area contributed by atoms with E-state index in [-0.39, 0.29) is 36.7 Å². The summed E-state index contributed by atoms with van der Waals surface area (Å²) >= 11 is 0. The molecule has 76 heavy (non-hydrogen) atoms. The molecule has 0 fully saturated rings. The standard InChI is InChI=1S/C70H136N2O4/c1-5-9-13-17-21-25-29-33-35-39-43-47-51-55-59-63-69(75)72(70(76)64-60-56-52-48-44-40-36-34-30-26-22-18-14-10-6-2)66-65-71(67(73)61-57-53-49-45-41-37-31-27-23-19-15-11-7-3)68(74)62-58-54-50-46-42-38-32-28-24-20-16-12-8-4/h5-66H2,1-4H3. The minimum absolute atomic E-state index is 0.117. The molecule has 0 aliphatic rings. The number of carbonyl (C=O) groups excluding carboxylic acids is 4. The minimum Gasteiger partial charge on any atom is -0.281 e. The van der Waals surface area contributed by atoms with Gasteiger partial charge in [-0.1, -0.05) is 362 Å². The van der Waals surface area contributed by atoms with Gasteiger partial charge < -0.3 is 0 Å². The van der Waals surface area contributed by atoms with Crippen LogP contribution in [0.15, 0.2) is 0 Å². The average molecular weight is 1070 g/mol. The van der Waals surface area contributed by atoms with E-state index in [2.05, 4.69) is 27.7 Å². The fourth-order valence-electron chi connectivity index (χ4n) is 11.4. The van der Waals surface area contributed by atoms with Crippen molar-refractivity contribution in [2.45, 2.75) is 413 Å². The van der Waals surface area contributed by atoms with Crippen LogP contribution in [-0.4, -0.2) is 46.5 Å². The van der Waals surface area contributed by atoms with Gasteiger partial charge in [0, 0.05) is 38.8 Å². The maximum Gasteiger partial charge on any atom is 0.229 e. The van der Waals surface area contributed by atoms with Crippen LogP contribution in [0, 0.1) is 0 Å². The Balaban J connectivity index is 5.29. The molecule has 0 aromatic rings. The summed E-state index contributed by atoms with van der Waals surface area (Å²) in [5.41, 5.74) is 0.